The van der Waals surface area contributed by atoms with E-state index in [1.807, 2.05) is 12.1 Å². The number of methoxy groups -OCH3 is 1. The van der Waals surface area contributed by atoms with Gasteiger partial charge in [0.1, 0.15) is 5.75 Å². The molecule has 1 aliphatic carbocycles. The molecule has 0 radical (unpaired) electrons. The summed E-state index contributed by atoms with van der Waals surface area (Å²) >= 11 is 10.4. The average Bonchev–Trinajstić information content (AvgIpc) is 2.53. The number of aryl methyl sites for hydroxylation is 1. The number of fused-ring (bicyclic) bond motifs is 1. The molecule has 0 N–H and O–H groups in total. The smallest absolute Gasteiger partial charge is 0.120 e. The standard InChI is InChI=1S/C18H18BrClO/c1-21-15-8-9-16(17(19)11-15)18(20)14-7-6-12-4-2-3-5-13(12)10-14/h2-5,8-9,11,14,18H,6-7,10H2,1H3. The Balaban J connectivity index is 1.82. The summed E-state index contributed by atoms with van der Waals surface area (Å²) < 4.78 is 6.28. The van der Waals surface area contributed by atoms with E-state index in [1.54, 1.807) is 7.11 Å². The van der Waals surface area contributed by atoms with E-state index in [0.717, 1.165) is 35.0 Å². The van der Waals surface area contributed by atoms with Crippen LogP contribution >= 0.6 is 27.5 Å². The summed E-state index contributed by atoms with van der Waals surface area (Å²) in [6.45, 7) is 0. The first-order valence-electron chi connectivity index (χ1n) is 7.23. The van der Waals surface area contributed by atoms with Crippen LogP contribution in [0.5, 0.6) is 5.75 Å². The minimum absolute atomic E-state index is 0.0265. The highest BCUT2D eigenvalue weighted by molar-refractivity contribution is 9.10. The van der Waals surface area contributed by atoms with Crippen molar-refractivity contribution in [1.82, 2.24) is 0 Å². The van der Waals surface area contributed by atoms with Gasteiger partial charge >= 0.3 is 0 Å². The van der Waals surface area contributed by atoms with Crippen LogP contribution in [0.15, 0.2) is 46.9 Å². The fraction of sp³-hybridized carbons (Fsp3) is 0.333. The molecule has 0 amide bonds. The molecule has 0 saturated carbocycles. The summed E-state index contributed by atoms with van der Waals surface area (Å²) in [6.07, 6.45) is 3.32. The van der Waals surface area contributed by atoms with Gasteiger partial charge in [-0.2, -0.15) is 0 Å². The molecule has 0 aliphatic heterocycles. The van der Waals surface area contributed by atoms with Crippen LogP contribution in [-0.4, -0.2) is 7.11 Å². The Hall–Kier alpha value is -0.990. The molecule has 2 aromatic rings. The molecule has 2 aromatic carbocycles. The second kappa shape index (κ2) is 6.41. The Labute approximate surface area is 139 Å². The molecular formula is C18H18BrClO. The van der Waals surface area contributed by atoms with Crippen molar-refractivity contribution >= 4 is 27.5 Å². The van der Waals surface area contributed by atoms with E-state index in [-0.39, 0.29) is 5.38 Å². The highest BCUT2D eigenvalue weighted by atomic mass is 79.9. The number of alkyl halides is 1. The van der Waals surface area contributed by atoms with Gasteiger partial charge in [-0.3, -0.25) is 0 Å². The summed E-state index contributed by atoms with van der Waals surface area (Å²) in [7, 11) is 1.68. The van der Waals surface area contributed by atoms with Crippen molar-refractivity contribution in [3.63, 3.8) is 0 Å². The largest absolute Gasteiger partial charge is 0.497 e. The lowest BCUT2D eigenvalue weighted by atomic mass is 9.80. The predicted molar refractivity (Wildman–Crippen MR) is 91.2 cm³/mol. The number of hydrogen-bond acceptors (Lipinski definition) is 1. The zero-order valence-electron chi connectivity index (χ0n) is 12.0. The molecule has 0 heterocycles. The number of ether oxygens (including phenoxy) is 1. The Morgan fingerprint density at radius 1 is 1.19 bits per heavy atom. The third-order valence-corrected chi connectivity index (χ3v) is 5.58. The van der Waals surface area contributed by atoms with E-state index in [2.05, 4.69) is 46.3 Å². The topological polar surface area (TPSA) is 9.23 Å². The first-order valence-corrected chi connectivity index (χ1v) is 8.46. The maximum atomic E-state index is 6.78. The molecule has 2 atom stereocenters. The fourth-order valence-corrected chi connectivity index (χ4v) is 4.23. The normalized spacial score (nSPS) is 18.9. The summed E-state index contributed by atoms with van der Waals surface area (Å²) in [4.78, 5) is 0. The second-order valence-electron chi connectivity index (χ2n) is 5.56. The quantitative estimate of drug-likeness (QED) is 0.649. The van der Waals surface area contributed by atoms with Gasteiger partial charge in [0.25, 0.3) is 0 Å². The number of benzene rings is 2. The predicted octanol–water partition coefficient (Wildman–Crippen LogP) is 5.54. The van der Waals surface area contributed by atoms with Gasteiger partial charge in [0.05, 0.1) is 12.5 Å². The van der Waals surface area contributed by atoms with Crippen LogP contribution < -0.4 is 4.74 Å². The molecule has 1 nitrogen and oxygen atoms in total. The van der Waals surface area contributed by atoms with Crippen molar-refractivity contribution in [3.8, 4) is 5.75 Å². The molecule has 0 fully saturated rings. The van der Waals surface area contributed by atoms with Crippen molar-refractivity contribution in [2.24, 2.45) is 5.92 Å². The summed E-state index contributed by atoms with van der Waals surface area (Å²) in [5.74, 6) is 1.33. The van der Waals surface area contributed by atoms with Gasteiger partial charge in [-0.05, 0) is 54.0 Å². The van der Waals surface area contributed by atoms with Crippen LogP contribution in [-0.2, 0) is 12.8 Å². The van der Waals surface area contributed by atoms with Crippen molar-refractivity contribution in [3.05, 3.63) is 63.6 Å². The molecule has 3 heteroatoms. The van der Waals surface area contributed by atoms with Crippen LogP contribution in [0, 0.1) is 5.92 Å². The Morgan fingerprint density at radius 3 is 2.67 bits per heavy atom. The molecule has 0 aromatic heterocycles. The molecule has 3 rings (SSSR count). The maximum absolute atomic E-state index is 6.78. The lowest BCUT2D eigenvalue weighted by Gasteiger charge is -2.29. The number of rotatable bonds is 3. The van der Waals surface area contributed by atoms with Crippen LogP contribution in [0.3, 0.4) is 0 Å². The van der Waals surface area contributed by atoms with Gasteiger partial charge < -0.3 is 4.74 Å². The first-order chi connectivity index (χ1) is 10.2. The van der Waals surface area contributed by atoms with Crippen LogP contribution in [0.4, 0.5) is 0 Å². The van der Waals surface area contributed by atoms with Gasteiger partial charge in [0.2, 0.25) is 0 Å². The Kier molecular flexibility index (Phi) is 4.56. The van der Waals surface area contributed by atoms with Gasteiger partial charge in [0.15, 0.2) is 0 Å². The molecule has 21 heavy (non-hydrogen) atoms. The van der Waals surface area contributed by atoms with E-state index in [1.165, 1.54) is 11.1 Å². The van der Waals surface area contributed by atoms with Crippen LogP contribution in [0.1, 0.15) is 28.5 Å². The summed E-state index contributed by atoms with van der Waals surface area (Å²) in [5, 5.41) is 0.0265. The summed E-state index contributed by atoms with van der Waals surface area (Å²) in [5.41, 5.74) is 4.08. The number of hydrogen-bond donors (Lipinski definition) is 0. The Morgan fingerprint density at radius 2 is 1.95 bits per heavy atom. The SMILES string of the molecule is COc1ccc(C(Cl)C2CCc3ccccc3C2)c(Br)c1. The lowest BCUT2D eigenvalue weighted by Crippen LogP contribution is -2.18. The fourth-order valence-electron chi connectivity index (χ4n) is 3.09. The second-order valence-corrected chi connectivity index (χ2v) is 6.89. The van der Waals surface area contributed by atoms with E-state index in [0.29, 0.717) is 5.92 Å². The van der Waals surface area contributed by atoms with Gasteiger partial charge in [0, 0.05) is 4.47 Å². The molecule has 0 bridgehead atoms. The Bertz CT molecular complexity index is 641. The van der Waals surface area contributed by atoms with Crippen molar-refractivity contribution < 1.29 is 4.74 Å². The van der Waals surface area contributed by atoms with Crippen molar-refractivity contribution in [2.45, 2.75) is 24.6 Å². The third kappa shape index (κ3) is 3.12. The monoisotopic (exact) mass is 364 g/mol. The average molecular weight is 366 g/mol. The minimum Gasteiger partial charge on any atom is -0.497 e. The van der Waals surface area contributed by atoms with Gasteiger partial charge in [-0.15, -0.1) is 11.6 Å². The summed E-state index contributed by atoms with van der Waals surface area (Å²) in [6, 6.07) is 14.7. The maximum Gasteiger partial charge on any atom is 0.120 e. The van der Waals surface area contributed by atoms with Crippen molar-refractivity contribution in [2.75, 3.05) is 7.11 Å². The third-order valence-electron chi connectivity index (χ3n) is 4.30. The molecular weight excluding hydrogens is 348 g/mol. The zero-order chi connectivity index (χ0) is 14.8. The lowest BCUT2D eigenvalue weighted by molar-refractivity contribution is 0.413. The van der Waals surface area contributed by atoms with Gasteiger partial charge in [-0.1, -0.05) is 46.3 Å². The molecule has 0 spiro atoms. The van der Waals surface area contributed by atoms with E-state index < -0.39 is 0 Å². The van der Waals surface area contributed by atoms with Crippen molar-refractivity contribution in [1.29, 1.82) is 0 Å². The molecule has 110 valence electrons. The van der Waals surface area contributed by atoms with E-state index in [4.69, 9.17) is 16.3 Å². The zero-order valence-corrected chi connectivity index (χ0v) is 14.3. The van der Waals surface area contributed by atoms with Crippen LogP contribution in [0.2, 0.25) is 0 Å². The number of halogens is 2. The van der Waals surface area contributed by atoms with Crippen LogP contribution in [0.25, 0.3) is 0 Å². The molecule has 0 saturated heterocycles. The molecule has 2 unspecified atom stereocenters. The van der Waals surface area contributed by atoms with Gasteiger partial charge in [-0.25, -0.2) is 0 Å². The van der Waals surface area contributed by atoms with E-state index in [9.17, 15) is 0 Å². The first kappa shape index (κ1) is 14.9. The van der Waals surface area contributed by atoms with E-state index >= 15 is 0 Å². The highest BCUT2D eigenvalue weighted by Crippen LogP contribution is 2.41. The molecule has 1 aliphatic rings. The minimum atomic E-state index is 0.0265. The highest BCUT2D eigenvalue weighted by Gasteiger charge is 2.27.